The van der Waals surface area contributed by atoms with Crippen LogP contribution in [-0.2, 0) is 16.7 Å². The van der Waals surface area contributed by atoms with Crippen LogP contribution >= 0.6 is 24.8 Å². The van der Waals surface area contributed by atoms with Gasteiger partial charge in [0.15, 0.2) is 0 Å². The van der Waals surface area contributed by atoms with Crippen molar-refractivity contribution in [1.82, 2.24) is 0 Å². The SMILES string of the molecule is C[C](C)=[Zr]([C]1=CC=CC1)([C]1=CC=CC1)=[Ge]([CH3])[CH3].Cl.Cl. The molecule has 0 radical (unpaired) electrons. The fraction of sp³-hybridized carbons (Fsp3) is 0.400. The Hall–Kier alpha value is 0.836. The molecule has 0 bridgehead atoms. The summed E-state index contributed by atoms with van der Waals surface area (Å²) in [5.41, 5.74) is 0. The Kier molecular flexibility index (Phi) is 8.69. The van der Waals surface area contributed by atoms with Crippen molar-refractivity contribution in [2.45, 2.75) is 38.2 Å². The first-order chi connectivity index (χ1) is 8.10. The van der Waals surface area contributed by atoms with Crippen LogP contribution in [0.25, 0.3) is 0 Å². The van der Waals surface area contributed by atoms with Crippen molar-refractivity contribution in [3.63, 3.8) is 0 Å². The predicted octanol–water partition coefficient (Wildman–Crippen LogP) is 5.13. The van der Waals surface area contributed by atoms with Gasteiger partial charge in [-0.1, -0.05) is 0 Å². The number of halogens is 2. The van der Waals surface area contributed by atoms with E-state index in [1.54, 1.807) is 0 Å². The Bertz CT molecular complexity index is 519. The van der Waals surface area contributed by atoms with Crippen molar-refractivity contribution in [3.05, 3.63) is 43.0 Å². The normalized spacial score (nSPS) is 15.6. The van der Waals surface area contributed by atoms with E-state index in [-0.39, 0.29) is 24.8 Å². The molecule has 0 N–H and O–H groups in total. The largest absolute Gasteiger partial charge is 0.147 e. The van der Waals surface area contributed by atoms with Crippen LogP contribution in [0.3, 0.4) is 0 Å². The molecule has 0 amide bonds. The third-order valence-electron chi connectivity index (χ3n) is 4.01. The number of rotatable bonds is 2. The van der Waals surface area contributed by atoms with Crippen molar-refractivity contribution in [3.8, 4) is 0 Å². The molecular formula is C15H24Cl2GeZr. The molecule has 106 valence electrons. The molecule has 0 aromatic carbocycles. The third kappa shape index (κ3) is 3.54. The number of hydrogen-bond donors (Lipinski definition) is 0. The maximum atomic E-state index is 2.61. The summed E-state index contributed by atoms with van der Waals surface area (Å²) in [6, 6.07) is 0. The Morgan fingerprint density at radius 1 is 0.947 bits per heavy atom. The zero-order valence-electron chi connectivity index (χ0n) is 12.2. The molecular weight excluding hydrogens is 415 g/mol. The molecule has 2 rings (SSSR count). The minimum atomic E-state index is -2.30. The van der Waals surface area contributed by atoms with E-state index in [0.717, 1.165) is 0 Å². The molecule has 0 fully saturated rings. The summed E-state index contributed by atoms with van der Waals surface area (Å²) in [6.45, 7) is 4.85. The predicted molar refractivity (Wildman–Crippen MR) is 92.0 cm³/mol. The van der Waals surface area contributed by atoms with Gasteiger partial charge >= 0.3 is 111 Å². The van der Waals surface area contributed by atoms with Crippen LogP contribution in [0.15, 0.2) is 43.0 Å². The Morgan fingerprint density at radius 3 is 1.58 bits per heavy atom. The van der Waals surface area contributed by atoms with Crippen LogP contribution in [0.1, 0.15) is 26.7 Å². The minimum Gasteiger partial charge on any atom is -0.147 e. The molecule has 2 aliphatic carbocycles. The summed E-state index contributed by atoms with van der Waals surface area (Å²) in [6.07, 6.45) is 16.7. The van der Waals surface area contributed by atoms with E-state index in [4.69, 9.17) is 0 Å². The molecule has 0 aliphatic heterocycles. The summed E-state index contributed by atoms with van der Waals surface area (Å²) in [5.74, 6) is 5.22. The number of allylic oxidation sites excluding steroid dienone is 8. The fourth-order valence-electron chi connectivity index (χ4n) is 3.44. The quantitative estimate of drug-likeness (QED) is 0.524. The molecule has 0 saturated heterocycles. The van der Waals surface area contributed by atoms with Gasteiger partial charge in [-0.3, -0.25) is 0 Å². The molecule has 19 heavy (non-hydrogen) atoms. The standard InChI is InChI=1S/2C5H5.C3H6.C2H6Ge.2ClH.Zr/c2*1-2-4-5-3-1;2*1-3-2;;;/h2*1-3H,4H2;2*1-2H3;2*1H;. The van der Waals surface area contributed by atoms with E-state index < -0.39 is 26.6 Å². The van der Waals surface area contributed by atoms with Gasteiger partial charge in [-0.05, 0) is 0 Å². The van der Waals surface area contributed by atoms with Crippen molar-refractivity contribution in [2.75, 3.05) is 0 Å². The van der Waals surface area contributed by atoms with Gasteiger partial charge in [-0.2, -0.15) is 0 Å². The van der Waals surface area contributed by atoms with Crippen LogP contribution < -0.4 is 0 Å². The Balaban J connectivity index is 0.00000162. The second-order valence-corrected chi connectivity index (χ2v) is 41.0. The first kappa shape index (κ1) is 19.8. The van der Waals surface area contributed by atoms with E-state index >= 15 is 0 Å². The van der Waals surface area contributed by atoms with Gasteiger partial charge in [-0.25, -0.2) is 0 Å². The van der Waals surface area contributed by atoms with Crippen LogP contribution in [-0.4, -0.2) is 13.2 Å². The summed E-state index contributed by atoms with van der Waals surface area (Å²) < 4.78 is 5.52. The maximum Gasteiger partial charge on any atom is -0.147 e. The second kappa shape index (κ2) is 8.32. The Labute approximate surface area is 134 Å². The van der Waals surface area contributed by atoms with E-state index in [0.29, 0.717) is 0 Å². The van der Waals surface area contributed by atoms with Gasteiger partial charge < -0.3 is 0 Å². The average Bonchev–Trinajstić information content (AvgIpc) is 2.88. The van der Waals surface area contributed by atoms with Crippen molar-refractivity contribution in [2.24, 2.45) is 0 Å². The zero-order chi connectivity index (χ0) is 12.5. The van der Waals surface area contributed by atoms with Gasteiger partial charge in [0.1, 0.15) is 0 Å². The van der Waals surface area contributed by atoms with Crippen LogP contribution in [0, 0.1) is 0 Å². The van der Waals surface area contributed by atoms with Crippen LogP contribution in [0.4, 0.5) is 0 Å². The average molecular weight is 439 g/mol. The van der Waals surface area contributed by atoms with Gasteiger partial charge in [0.05, 0.1) is 0 Å². The summed E-state index contributed by atoms with van der Waals surface area (Å²) in [7, 11) is -0.920. The third-order valence-corrected chi connectivity index (χ3v) is 50.7. The van der Waals surface area contributed by atoms with Crippen molar-refractivity contribution < 1.29 is 16.7 Å². The summed E-state index contributed by atoms with van der Waals surface area (Å²) in [5, 5.41) is 0. The molecule has 0 nitrogen and oxygen atoms in total. The smallest absolute Gasteiger partial charge is 0.147 e. The molecule has 0 atom stereocenters. The molecule has 0 heterocycles. The molecule has 4 heteroatoms. The van der Waals surface area contributed by atoms with Gasteiger partial charge in [0, 0.05) is 0 Å². The maximum absolute atomic E-state index is 2.61. The van der Waals surface area contributed by atoms with E-state index in [2.05, 4.69) is 61.8 Å². The van der Waals surface area contributed by atoms with Gasteiger partial charge in [-0.15, -0.1) is 24.8 Å². The number of hydrogen-bond acceptors (Lipinski definition) is 0. The van der Waals surface area contributed by atoms with Crippen LogP contribution in [0.5, 0.6) is 0 Å². The van der Waals surface area contributed by atoms with E-state index in [1.165, 1.54) is 12.8 Å². The second-order valence-electron chi connectivity index (χ2n) is 5.40. The molecule has 0 saturated carbocycles. The molecule has 0 aromatic rings. The first-order valence-corrected chi connectivity index (χ1v) is 21.8. The van der Waals surface area contributed by atoms with Crippen LogP contribution in [0.2, 0.25) is 11.5 Å². The molecule has 0 aromatic heterocycles. The minimum absolute atomic E-state index is 0. The fourth-order valence-corrected chi connectivity index (χ4v) is 50.0. The monoisotopic (exact) mass is 438 g/mol. The van der Waals surface area contributed by atoms with E-state index in [1.807, 2.05) is 9.77 Å². The van der Waals surface area contributed by atoms with Gasteiger partial charge in [0.2, 0.25) is 0 Å². The van der Waals surface area contributed by atoms with Crippen molar-refractivity contribution in [1.29, 1.82) is 0 Å². The molecule has 2 aliphatic rings. The molecule has 0 spiro atoms. The summed E-state index contributed by atoms with van der Waals surface area (Å²) in [4.78, 5) is 0. The zero-order valence-corrected chi connectivity index (χ0v) is 18.4. The van der Waals surface area contributed by atoms with Crippen molar-refractivity contribution >= 4 is 38.0 Å². The van der Waals surface area contributed by atoms with Gasteiger partial charge in [0.25, 0.3) is 0 Å². The summed E-state index contributed by atoms with van der Waals surface area (Å²) >= 11 is -2.30. The Morgan fingerprint density at radius 2 is 1.37 bits per heavy atom. The topological polar surface area (TPSA) is 0 Å². The van der Waals surface area contributed by atoms with E-state index in [9.17, 15) is 0 Å². The molecule has 0 unspecified atom stereocenters. The first-order valence-electron chi connectivity index (χ1n) is 6.43.